The second-order valence-corrected chi connectivity index (χ2v) is 7.09. The number of urea groups is 1. The number of rotatable bonds is 7. The first-order valence-electron chi connectivity index (χ1n) is 9.86. The van der Waals surface area contributed by atoms with Gasteiger partial charge in [0.2, 0.25) is 5.88 Å². The number of alkyl halides is 3. The Hall–Kier alpha value is -4.08. The molecule has 7 nitrogen and oxygen atoms in total. The summed E-state index contributed by atoms with van der Waals surface area (Å²) in [5.74, 6) is -1.05. The summed E-state index contributed by atoms with van der Waals surface area (Å²) in [6.07, 6.45) is -3.32. The van der Waals surface area contributed by atoms with E-state index in [0.29, 0.717) is 16.9 Å². The number of amides is 3. The van der Waals surface area contributed by atoms with Crippen LogP contribution in [0.15, 0.2) is 66.9 Å². The number of halogens is 3. The summed E-state index contributed by atoms with van der Waals surface area (Å²) in [6.45, 7) is 0.432. The largest absolute Gasteiger partial charge is 0.467 e. The van der Waals surface area contributed by atoms with Crippen molar-refractivity contribution in [3.8, 4) is 5.88 Å². The monoisotopic (exact) mass is 458 g/mol. The van der Waals surface area contributed by atoms with Crippen molar-refractivity contribution in [2.24, 2.45) is 0 Å². The number of nitrogens with zero attached hydrogens (tertiary/aromatic N) is 1. The molecule has 0 aliphatic rings. The Bertz CT molecular complexity index is 1140. The van der Waals surface area contributed by atoms with Crippen LogP contribution in [0.3, 0.4) is 0 Å². The molecule has 0 radical (unpaired) electrons. The summed E-state index contributed by atoms with van der Waals surface area (Å²) in [7, 11) is 0. The van der Waals surface area contributed by atoms with E-state index in [1.54, 1.807) is 30.3 Å². The van der Waals surface area contributed by atoms with Crippen LogP contribution < -0.4 is 20.7 Å². The van der Waals surface area contributed by atoms with E-state index in [2.05, 4.69) is 25.7 Å². The standard InChI is InChI=1S/C23H21F3N4O3/c1-15-5-2-7-17(11-15)29-22(32)30-18-8-3-6-16(12-18)13-28-20(31)19-9-4-10-27-21(19)33-14-23(24,25)26/h2-12H,13-14H2,1H3,(H,28,31)(H2,29,30,32). The van der Waals surface area contributed by atoms with Crippen LogP contribution in [-0.4, -0.2) is 29.7 Å². The lowest BCUT2D eigenvalue weighted by Crippen LogP contribution is -2.25. The average molecular weight is 458 g/mol. The molecule has 3 N–H and O–H groups in total. The summed E-state index contributed by atoms with van der Waals surface area (Å²) in [5, 5.41) is 8.05. The second kappa shape index (κ2) is 10.5. The highest BCUT2D eigenvalue weighted by atomic mass is 19.4. The van der Waals surface area contributed by atoms with Gasteiger partial charge in [-0.3, -0.25) is 4.79 Å². The maximum Gasteiger partial charge on any atom is 0.422 e. The van der Waals surface area contributed by atoms with E-state index >= 15 is 0 Å². The van der Waals surface area contributed by atoms with Crippen LogP contribution in [0.1, 0.15) is 21.5 Å². The number of carbonyl (C=O) groups excluding carboxylic acids is 2. The quantitative estimate of drug-likeness (QED) is 0.469. The molecule has 33 heavy (non-hydrogen) atoms. The van der Waals surface area contributed by atoms with Crippen molar-refractivity contribution in [3.63, 3.8) is 0 Å². The van der Waals surface area contributed by atoms with Gasteiger partial charge in [-0.15, -0.1) is 0 Å². The minimum Gasteiger partial charge on any atom is -0.467 e. The summed E-state index contributed by atoms with van der Waals surface area (Å²) in [5.41, 5.74) is 2.71. The highest BCUT2D eigenvalue weighted by Crippen LogP contribution is 2.20. The number of aromatic nitrogens is 1. The van der Waals surface area contributed by atoms with Gasteiger partial charge in [-0.25, -0.2) is 9.78 Å². The Morgan fingerprint density at radius 1 is 0.970 bits per heavy atom. The first-order chi connectivity index (χ1) is 15.7. The zero-order valence-electron chi connectivity index (χ0n) is 17.6. The first-order valence-corrected chi connectivity index (χ1v) is 9.86. The van der Waals surface area contributed by atoms with Gasteiger partial charge in [0.15, 0.2) is 6.61 Å². The maximum atomic E-state index is 12.5. The summed E-state index contributed by atoms with van der Waals surface area (Å²) < 4.78 is 41.9. The van der Waals surface area contributed by atoms with Crippen molar-refractivity contribution >= 4 is 23.3 Å². The van der Waals surface area contributed by atoms with E-state index in [1.807, 2.05) is 25.1 Å². The molecule has 3 amide bonds. The van der Waals surface area contributed by atoms with Crippen LogP contribution >= 0.6 is 0 Å². The molecular formula is C23H21F3N4O3. The van der Waals surface area contributed by atoms with E-state index in [9.17, 15) is 22.8 Å². The normalized spacial score (nSPS) is 10.9. The maximum absolute atomic E-state index is 12.5. The minimum absolute atomic E-state index is 0.0709. The second-order valence-electron chi connectivity index (χ2n) is 7.09. The van der Waals surface area contributed by atoms with Crippen LogP contribution in [0.25, 0.3) is 0 Å². The third kappa shape index (κ3) is 7.53. The van der Waals surface area contributed by atoms with Gasteiger partial charge in [0, 0.05) is 24.1 Å². The molecule has 0 fully saturated rings. The molecule has 0 saturated carbocycles. The van der Waals surface area contributed by atoms with E-state index in [-0.39, 0.29) is 12.1 Å². The van der Waals surface area contributed by atoms with Crippen LogP contribution in [0.5, 0.6) is 5.88 Å². The highest BCUT2D eigenvalue weighted by Gasteiger charge is 2.29. The summed E-state index contributed by atoms with van der Waals surface area (Å²) >= 11 is 0. The van der Waals surface area contributed by atoms with Crippen LogP contribution in [0.4, 0.5) is 29.3 Å². The molecule has 3 aromatic rings. The SMILES string of the molecule is Cc1cccc(NC(=O)Nc2cccc(CNC(=O)c3cccnc3OCC(F)(F)F)c2)c1. The number of aryl methyl sites for hydroxylation is 1. The molecule has 1 aromatic heterocycles. The average Bonchev–Trinajstić information content (AvgIpc) is 2.76. The predicted molar refractivity (Wildman–Crippen MR) is 117 cm³/mol. The zero-order valence-corrected chi connectivity index (χ0v) is 17.6. The van der Waals surface area contributed by atoms with Gasteiger partial charge in [-0.05, 0) is 54.4 Å². The van der Waals surface area contributed by atoms with Crippen molar-refractivity contribution in [1.82, 2.24) is 10.3 Å². The van der Waals surface area contributed by atoms with Gasteiger partial charge in [0.1, 0.15) is 5.56 Å². The molecule has 3 rings (SSSR count). The topological polar surface area (TPSA) is 92.4 Å². The Morgan fingerprint density at radius 2 is 1.67 bits per heavy atom. The van der Waals surface area contributed by atoms with Crippen molar-refractivity contribution in [2.45, 2.75) is 19.6 Å². The number of carbonyl (C=O) groups is 2. The number of nitrogens with one attached hydrogen (secondary N) is 3. The molecule has 0 unspecified atom stereocenters. The lowest BCUT2D eigenvalue weighted by atomic mass is 10.2. The fourth-order valence-corrected chi connectivity index (χ4v) is 2.88. The number of ether oxygens (including phenoxy) is 1. The van der Waals surface area contributed by atoms with Gasteiger partial charge >= 0.3 is 12.2 Å². The van der Waals surface area contributed by atoms with E-state index in [1.165, 1.54) is 18.3 Å². The smallest absolute Gasteiger partial charge is 0.422 e. The molecule has 0 aliphatic heterocycles. The molecule has 2 aromatic carbocycles. The minimum atomic E-state index is -4.55. The highest BCUT2D eigenvalue weighted by molar-refractivity contribution is 6.00. The number of hydrogen-bond acceptors (Lipinski definition) is 4. The molecular weight excluding hydrogens is 437 g/mol. The van der Waals surface area contributed by atoms with Crippen LogP contribution in [-0.2, 0) is 6.54 Å². The van der Waals surface area contributed by atoms with E-state index in [4.69, 9.17) is 0 Å². The number of pyridine rings is 1. The number of benzene rings is 2. The third-order valence-corrected chi connectivity index (χ3v) is 4.30. The molecule has 1 heterocycles. The predicted octanol–water partition coefficient (Wildman–Crippen LogP) is 4.91. The van der Waals surface area contributed by atoms with Gasteiger partial charge in [0.05, 0.1) is 0 Å². The molecule has 172 valence electrons. The lowest BCUT2D eigenvalue weighted by molar-refractivity contribution is -0.154. The van der Waals surface area contributed by atoms with Gasteiger partial charge in [-0.1, -0.05) is 24.3 Å². The Balaban J connectivity index is 1.59. The molecule has 0 spiro atoms. The van der Waals surface area contributed by atoms with Crippen molar-refractivity contribution in [1.29, 1.82) is 0 Å². The first kappa shape index (κ1) is 23.6. The van der Waals surface area contributed by atoms with Crippen molar-refractivity contribution < 1.29 is 27.5 Å². The van der Waals surface area contributed by atoms with Gasteiger partial charge in [-0.2, -0.15) is 13.2 Å². The number of hydrogen-bond donors (Lipinski definition) is 3. The van der Waals surface area contributed by atoms with Gasteiger partial charge in [0.25, 0.3) is 5.91 Å². The summed E-state index contributed by atoms with van der Waals surface area (Å²) in [6, 6.07) is 16.4. The van der Waals surface area contributed by atoms with E-state index in [0.717, 1.165) is 5.56 Å². The lowest BCUT2D eigenvalue weighted by Gasteiger charge is -2.12. The van der Waals surface area contributed by atoms with Crippen molar-refractivity contribution in [3.05, 3.63) is 83.6 Å². The van der Waals surface area contributed by atoms with Crippen LogP contribution in [0.2, 0.25) is 0 Å². The fraction of sp³-hybridized carbons (Fsp3) is 0.174. The van der Waals surface area contributed by atoms with Gasteiger partial charge < -0.3 is 20.7 Å². The fourth-order valence-electron chi connectivity index (χ4n) is 2.88. The Morgan fingerprint density at radius 3 is 2.36 bits per heavy atom. The number of anilines is 2. The Kier molecular flexibility index (Phi) is 7.50. The molecule has 0 aliphatic carbocycles. The van der Waals surface area contributed by atoms with E-state index < -0.39 is 30.6 Å². The molecule has 0 atom stereocenters. The molecule has 0 saturated heterocycles. The summed E-state index contributed by atoms with van der Waals surface area (Å²) in [4.78, 5) is 28.4. The van der Waals surface area contributed by atoms with Crippen LogP contribution in [0, 0.1) is 6.92 Å². The molecule has 0 bridgehead atoms. The van der Waals surface area contributed by atoms with Crippen molar-refractivity contribution in [2.75, 3.05) is 17.2 Å². The molecule has 10 heteroatoms. The Labute approximate surface area is 188 Å². The third-order valence-electron chi connectivity index (χ3n) is 4.30. The zero-order chi connectivity index (χ0) is 23.8.